The summed E-state index contributed by atoms with van der Waals surface area (Å²) < 4.78 is 1.94. The molecule has 0 bridgehead atoms. The minimum atomic E-state index is -0.664. The van der Waals surface area contributed by atoms with Crippen molar-refractivity contribution in [2.45, 2.75) is 32.2 Å². The molecule has 1 aromatic carbocycles. The Morgan fingerprint density at radius 2 is 2.04 bits per heavy atom. The second kappa shape index (κ2) is 7.85. The molecule has 9 heteroatoms. The molecule has 1 saturated carbocycles. The number of primary amides is 1. The largest absolute Gasteiger partial charge is 0.383 e. The summed E-state index contributed by atoms with van der Waals surface area (Å²) in [6.45, 7) is 2.09. The van der Waals surface area contributed by atoms with E-state index in [2.05, 4.69) is 23.0 Å². The standard InChI is InChI=1S/C14H14ClNO.C5H7N5O/c1-2-10-8-9-4-3-5-12(15)13(9)14(17)16(10)11-6-7-11;6-3-2(4(7)11)1-9-5(8)10-3/h3-5,8,11H,2,6-7H2,1H3;1H,(H2,7,11)(H4,6,8,9,10). The summed E-state index contributed by atoms with van der Waals surface area (Å²) >= 11 is 6.14. The summed E-state index contributed by atoms with van der Waals surface area (Å²) in [7, 11) is 0. The first-order chi connectivity index (χ1) is 13.3. The van der Waals surface area contributed by atoms with E-state index in [0.717, 1.165) is 30.3 Å². The van der Waals surface area contributed by atoms with E-state index in [1.54, 1.807) is 6.07 Å². The molecule has 0 saturated heterocycles. The van der Waals surface area contributed by atoms with Crippen LogP contribution in [0, 0.1) is 0 Å². The second-order valence-corrected chi connectivity index (χ2v) is 6.90. The molecule has 28 heavy (non-hydrogen) atoms. The molecule has 0 aliphatic heterocycles. The van der Waals surface area contributed by atoms with Crippen molar-refractivity contribution in [2.24, 2.45) is 5.73 Å². The highest BCUT2D eigenvalue weighted by molar-refractivity contribution is 6.35. The third-order valence-electron chi connectivity index (χ3n) is 4.49. The zero-order chi connectivity index (χ0) is 20.4. The number of carbonyl (C=O) groups excluding carboxylic acids is 1. The van der Waals surface area contributed by atoms with Crippen LogP contribution in [0.4, 0.5) is 11.8 Å². The van der Waals surface area contributed by atoms with E-state index in [1.165, 1.54) is 6.20 Å². The van der Waals surface area contributed by atoms with Crippen LogP contribution >= 0.6 is 11.6 Å². The molecule has 4 rings (SSSR count). The molecule has 1 fully saturated rings. The van der Waals surface area contributed by atoms with Gasteiger partial charge in [0.2, 0.25) is 5.95 Å². The second-order valence-electron chi connectivity index (χ2n) is 6.49. The molecule has 0 unspecified atom stereocenters. The van der Waals surface area contributed by atoms with Gasteiger partial charge in [-0.2, -0.15) is 4.98 Å². The van der Waals surface area contributed by atoms with Crippen LogP contribution in [0.1, 0.15) is 41.9 Å². The Kier molecular flexibility index (Phi) is 5.51. The molecule has 0 atom stereocenters. The van der Waals surface area contributed by atoms with Crippen LogP contribution < -0.4 is 22.8 Å². The Balaban J connectivity index is 0.000000178. The normalized spacial score (nSPS) is 13.1. The number of aryl methyl sites for hydroxylation is 1. The van der Waals surface area contributed by atoms with Crippen LogP contribution in [0.2, 0.25) is 5.02 Å². The Morgan fingerprint density at radius 3 is 2.61 bits per heavy atom. The number of anilines is 2. The van der Waals surface area contributed by atoms with Crippen LogP contribution in [0.15, 0.2) is 35.3 Å². The lowest BCUT2D eigenvalue weighted by Crippen LogP contribution is -2.22. The van der Waals surface area contributed by atoms with Crippen molar-refractivity contribution >= 4 is 40.0 Å². The molecule has 1 aliphatic rings. The molecule has 6 N–H and O–H groups in total. The summed E-state index contributed by atoms with van der Waals surface area (Å²) in [5.74, 6) is -0.639. The number of carbonyl (C=O) groups is 1. The lowest BCUT2D eigenvalue weighted by atomic mass is 10.1. The van der Waals surface area contributed by atoms with Gasteiger partial charge >= 0.3 is 0 Å². The summed E-state index contributed by atoms with van der Waals surface area (Å²) in [5, 5.41) is 2.18. The van der Waals surface area contributed by atoms with E-state index in [4.69, 9.17) is 28.8 Å². The van der Waals surface area contributed by atoms with Crippen LogP contribution in [0.25, 0.3) is 10.8 Å². The SMILES string of the molecule is CCc1cc2cccc(Cl)c2c(=O)n1C1CC1.NC(=O)c1cnc(N)nc1N. The number of benzene rings is 1. The smallest absolute Gasteiger partial charge is 0.260 e. The number of nitrogens with two attached hydrogens (primary N) is 3. The van der Waals surface area contributed by atoms with Gasteiger partial charge in [-0.1, -0.05) is 30.7 Å². The number of nitrogens with zero attached hydrogens (tertiary/aromatic N) is 3. The van der Waals surface area contributed by atoms with E-state index in [1.807, 2.05) is 16.7 Å². The highest BCUT2D eigenvalue weighted by atomic mass is 35.5. The first kappa shape index (κ1) is 19.6. The third kappa shape index (κ3) is 3.91. The van der Waals surface area contributed by atoms with Crippen molar-refractivity contribution in [2.75, 3.05) is 11.5 Å². The van der Waals surface area contributed by atoms with Gasteiger partial charge in [0, 0.05) is 17.9 Å². The van der Waals surface area contributed by atoms with Gasteiger partial charge in [0.25, 0.3) is 11.5 Å². The molecule has 1 amide bonds. The number of aromatic nitrogens is 3. The van der Waals surface area contributed by atoms with Crippen LogP contribution in [0.3, 0.4) is 0 Å². The number of rotatable bonds is 3. The van der Waals surface area contributed by atoms with Crippen molar-refractivity contribution in [3.8, 4) is 0 Å². The zero-order valence-electron chi connectivity index (χ0n) is 15.4. The predicted molar refractivity (Wildman–Crippen MR) is 110 cm³/mol. The molecular weight excluding hydrogens is 380 g/mol. The molecule has 0 radical (unpaired) electrons. The first-order valence-electron chi connectivity index (χ1n) is 8.83. The predicted octanol–water partition coefficient (Wildman–Crippen LogP) is 2.29. The topological polar surface area (TPSA) is 143 Å². The van der Waals surface area contributed by atoms with Crippen molar-refractivity contribution < 1.29 is 4.79 Å². The van der Waals surface area contributed by atoms with Gasteiger partial charge in [-0.05, 0) is 36.8 Å². The maximum atomic E-state index is 12.5. The van der Waals surface area contributed by atoms with Crippen LogP contribution in [0.5, 0.6) is 0 Å². The number of pyridine rings is 1. The molecule has 146 valence electrons. The van der Waals surface area contributed by atoms with E-state index in [0.29, 0.717) is 16.5 Å². The Hall–Kier alpha value is -3.13. The van der Waals surface area contributed by atoms with Gasteiger partial charge in [0.1, 0.15) is 5.82 Å². The van der Waals surface area contributed by atoms with Crippen molar-refractivity contribution in [3.63, 3.8) is 0 Å². The first-order valence-corrected chi connectivity index (χ1v) is 9.21. The minimum Gasteiger partial charge on any atom is -0.383 e. The molecule has 1 aliphatic carbocycles. The Labute approximate surface area is 166 Å². The van der Waals surface area contributed by atoms with E-state index in [-0.39, 0.29) is 22.9 Å². The fourth-order valence-corrected chi connectivity index (χ4v) is 3.25. The van der Waals surface area contributed by atoms with E-state index < -0.39 is 5.91 Å². The van der Waals surface area contributed by atoms with Gasteiger partial charge in [-0.3, -0.25) is 9.59 Å². The van der Waals surface area contributed by atoms with E-state index in [9.17, 15) is 9.59 Å². The maximum absolute atomic E-state index is 12.5. The van der Waals surface area contributed by atoms with Gasteiger partial charge in [0.15, 0.2) is 0 Å². The number of hydrogen-bond donors (Lipinski definition) is 3. The summed E-state index contributed by atoms with van der Waals surface area (Å²) in [4.78, 5) is 30.1. The number of fused-ring (bicyclic) bond motifs is 1. The fourth-order valence-electron chi connectivity index (χ4n) is 2.99. The van der Waals surface area contributed by atoms with Gasteiger partial charge in [-0.25, -0.2) is 4.98 Å². The van der Waals surface area contributed by atoms with Crippen molar-refractivity contribution in [1.82, 2.24) is 14.5 Å². The average Bonchev–Trinajstić information content (AvgIpc) is 3.46. The van der Waals surface area contributed by atoms with Crippen molar-refractivity contribution in [3.05, 3.63) is 57.1 Å². The highest BCUT2D eigenvalue weighted by Crippen LogP contribution is 2.35. The quantitative estimate of drug-likeness (QED) is 0.615. The monoisotopic (exact) mass is 400 g/mol. The zero-order valence-corrected chi connectivity index (χ0v) is 16.1. The lowest BCUT2D eigenvalue weighted by Gasteiger charge is -2.12. The molecule has 2 aromatic heterocycles. The number of amides is 1. The molecule has 8 nitrogen and oxygen atoms in total. The maximum Gasteiger partial charge on any atom is 0.260 e. The number of nitrogen functional groups attached to an aromatic ring is 2. The van der Waals surface area contributed by atoms with Crippen LogP contribution in [-0.2, 0) is 6.42 Å². The molecular formula is C19H21ClN6O2. The van der Waals surface area contributed by atoms with Gasteiger partial charge in [-0.15, -0.1) is 0 Å². The number of hydrogen-bond acceptors (Lipinski definition) is 6. The lowest BCUT2D eigenvalue weighted by molar-refractivity contribution is 0.100. The summed E-state index contributed by atoms with van der Waals surface area (Å²) in [5.41, 5.74) is 16.7. The summed E-state index contributed by atoms with van der Waals surface area (Å²) in [6, 6.07) is 8.14. The average molecular weight is 401 g/mol. The minimum absolute atomic E-state index is 0.00463. The van der Waals surface area contributed by atoms with Crippen LogP contribution in [-0.4, -0.2) is 20.4 Å². The fraction of sp³-hybridized carbons (Fsp3) is 0.263. The molecule has 0 spiro atoms. The highest BCUT2D eigenvalue weighted by Gasteiger charge is 2.27. The van der Waals surface area contributed by atoms with E-state index >= 15 is 0 Å². The summed E-state index contributed by atoms with van der Waals surface area (Å²) in [6.07, 6.45) is 4.31. The molecule has 3 aromatic rings. The molecule has 2 heterocycles. The van der Waals surface area contributed by atoms with Gasteiger partial charge in [0.05, 0.1) is 16.0 Å². The third-order valence-corrected chi connectivity index (χ3v) is 4.80. The van der Waals surface area contributed by atoms with Crippen molar-refractivity contribution in [1.29, 1.82) is 0 Å². The van der Waals surface area contributed by atoms with Gasteiger partial charge < -0.3 is 21.8 Å². The Bertz CT molecular complexity index is 1110. The number of halogens is 1. The Morgan fingerprint density at radius 1 is 1.32 bits per heavy atom.